The number of aliphatic hydroxyl groups is 1. The normalized spacial score (nSPS) is 22.4. The van der Waals surface area contributed by atoms with Crippen molar-refractivity contribution in [1.29, 1.82) is 0 Å². The van der Waals surface area contributed by atoms with Gasteiger partial charge in [0.15, 0.2) is 0 Å². The fourth-order valence-corrected chi connectivity index (χ4v) is 2.77. The van der Waals surface area contributed by atoms with Crippen molar-refractivity contribution in [3.63, 3.8) is 0 Å². The highest BCUT2D eigenvalue weighted by molar-refractivity contribution is 5.83. The number of Topliss-reactive ketones (excluding diaryl/α,β-unsaturated/α-hetero) is 1. The average molecular weight is 276 g/mol. The van der Waals surface area contributed by atoms with E-state index in [1.807, 2.05) is 13.0 Å². The molecule has 0 fully saturated rings. The van der Waals surface area contributed by atoms with Crippen LogP contribution in [0.25, 0.3) is 0 Å². The number of aryl methyl sites for hydroxylation is 1. The molecule has 0 saturated carbocycles. The maximum absolute atomic E-state index is 13.5. The third-order valence-electron chi connectivity index (χ3n) is 4.06. The summed E-state index contributed by atoms with van der Waals surface area (Å²) in [6.07, 6.45) is 4.48. The van der Waals surface area contributed by atoms with Gasteiger partial charge in [-0.3, -0.25) is 4.79 Å². The lowest BCUT2D eigenvalue weighted by molar-refractivity contribution is -0.122. The number of halogens is 1. The van der Waals surface area contributed by atoms with Gasteiger partial charge in [-0.25, -0.2) is 4.39 Å². The van der Waals surface area contributed by atoms with Crippen molar-refractivity contribution < 1.29 is 14.3 Å². The molecule has 2 unspecified atom stereocenters. The Morgan fingerprint density at radius 1 is 1.40 bits per heavy atom. The molecular weight excluding hydrogens is 255 g/mol. The molecule has 0 bridgehead atoms. The van der Waals surface area contributed by atoms with Crippen molar-refractivity contribution >= 4 is 5.78 Å². The minimum absolute atomic E-state index is 0.0959. The molecule has 0 saturated heterocycles. The van der Waals surface area contributed by atoms with Crippen molar-refractivity contribution in [2.24, 2.45) is 11.8 Å². The summed E-state index contributed by atoms with van der Waals surface area (Å²) in [4.78, 5) is 11.7. The van der Waals surface area contributed by atoms with E-state index in [-0.39, 0.29) is 29.2 Å². The minimum Gasteiger partial charge on any atom is -0.512 e. The van der Waals surface area contributed by atoms with Gasteiger partial charge in [0, 0.05) is 6.42 Å². The van der Waals surface area contributed by atoms with Crippen molar-refractivity contribution in [1.82, 2.24) is 0 Å². The number of hydrogen-bond donors (Lipinski definition) is 1. The summed E-state index contributed by atoms with van der Waals surface area (Å²) in [5.74, 6) is -0.0474. The molecule has 1 aliphatic carbocycles. The van der Waals surface area contributed by atoms with E-state index in [2.05, 4.69) is 0 Å². The number of carbonyl (C=O) groups excluding carboxylic acids is 1. The smallest absolute Gasteiger partial charge is 0.143 e. The molecule has 2 rings (SSSR count). The van der Waals surface area contributed by atoms with Crippen LogP contribution in [0.1, 0.15) is 37.3 Å². The zero-order valence-corrected chi connectivity index (χ0v) is 12.0. The largest absolute Gasteiger partial charge is 0.512 e. The monoisotopic (exact) mass is 276 g/mol. The summed E-state index contributed by atoms with van der Waals surface area (Å²) >= 11 is 0. The van der Waals surface area contributed by atoms with E-state index in [0.29, 0.717) is 24.8 Å². The van der Waals surface area contributed by atoms with Crippen LogP contribution >= 0.6 is 0 Å². The first-order valence-corrected chi connectivity index (χ1v) is 7.19. The second-order valence-electron chi connectivity index (χ2n) is 5.59. The quantitative estimate of drug-likeness (QED) is 0.898. The highest BCUT2D eigenvalue weighted by Gasteiger charge is 2.27. The van der Waals surface area contributed by atoms with Crippen LogP contribution in [-0.4, -0.2) is 10.9 Å². The second-order valence-corrected chi connectivity index (χ2v) is 5.59. The molecule has 0 aromatic heterocycles. The molecule has 1 aromatic rings. The summed E-state index contributed by atoms with van der Waals surface area (Å²) in [6, 6.07) is 5.26. The summed E-state index contributed by atoms with van der Waals surface area (Å²) in [7, 11) is 0. The topological polar surface area (TPSA) is 37.3 Å². The van der Waals surface area contributed by atoms with Gasteiger partial charge < -0.3 is 5.11 Å². The van der Waals surface area contributed by atoms with Gasteiger partial charge in [-0.1, -0.05) is 19.1 Å². The predicted octanol–water partition coefficient (Wildman–Crippen LogP) is 4.12. The molecule has 0 spiro atoms. The van der Waals surface area contributed by atoms with Crippen LogP contribution in [0.5, 0.6) is 0 Å². The van der Waals surface area contributed by atoms with Gasteiger partial charge in [-0.2, -0.15) is 0 Å². The fraction of sp³-hybridized carbons (Fsp3) is 0.471. The van der Waals surface area contributed by atoms with Crippen molar-refractivity contribution in [3.05, 3.63) is 47.0 Å². The SMILES string of the molecule is CCC(=O)C1CCC(Cc2ccc(C)c(F)c2)C=C1O. The van der Waals surface area contributed by atoms with E-state index in [1.165, 1.54) is 0 Å². The minimum atomic E-state index is -0.328. The van der Waals surface area contributed by atoms with Gasteiger partial charge in [-0.15, -0.1) is 0 Å². The van der Waals surface area contributed by atoms with E-state index in [0.717, 1.165) is 12.0 Å². The van der Waals surface area contributed by atoms with Crippen LogP contribution in [0.4, 0.5) is 4.39 Å². The third kappa shape index (κ3) is 3.27. The maximum Gasteiger partial charge on any atom is 0.143 e. The van der Waals surface area contributed by atoms with E-state index >= 15 is 0 Å². The number of ketones is 1. The predicted molar refractivity (Wildman–Crippen MR) is 77.1 cm³/mol. The molecule has 2 nitrogen and oxygen atoms in total. The Balaban J connectivity index is 2.07. The number of hydrogen-bond acceptors (Lipinski definition) is 2. The summed E-state index contributed by atoms with van der Waals surface area (Å²) in [5, 5.41) is 9.98. The second kappa shape index (κ2) is 6.21. The van der Waals surface area contributed by atoms with E-state index in [4.69, 9.17) is 0 Å². The summed E-state index contributed by atoms with van der Waals surface area (Å²) in [6.45, 7) is 3.56. The Kier molecular flexibility index (Phi) is 4.58. The number of rotatable bonds is 4. The number of benzene rings is 1. The first-order valence-electron chi connectivity index (χ1n) is 7.19. The fourth-order valence-electron chi connectivity index (χ4n) is 2.77. The van der Waals surface area contributed by atoms with E-state index in [9.17, 15) is 14.3 Å². The number of allylic oxidation sites excluding steroid dienone is 2. The summed E-state index contributed by atoms with van der Waals surface area (Å²) < 4.78 is 13.5. The van der Waals surface area contributed by atoms with Crippen LogP contribution in [0.15, 0.2) is 30.0 Å². The Bertz CT molecular complexity index is 534. The molecule has 20 heavy (non-hydrogen) atoms. The van der Waals surface area contributed by atoms with E-state index in [1.54, 1.807) is 25.1 Å². The van der Waals surface area contributed by atoms with Crippen molar-refractivity contribution in [2.45, 2.75) is 39.5 Å². The average Bonchev–Trinajstić information content (AvgIpc) is 2.42. The Morgan fingerprint density at radius 2 is 2.15 bits per heavy atom. The third-order valence-corrected chi connectivity index (χ3v) is 4.06. The van der Waals surface area contributed by atoms with Crippen LogP contribution in [0.2, 0.25) is 0 Å². The molecule has 0 heterocycles. The molecule has 0 amide bonds. The lowest BCUT2D eigenvalue weighted by Crippen LogP contribution is -2.22. The van der Waals surface area contributed by atoms with Gasteiger partial charge in [0.2, 0.25) is 0 Å². The molecule has 108 valence electrons. The highest BCUT2D eigenvalue weighted by atomic mass is 19.1. The van der Waals surface area contributed by atoms with Crippen LogP contribution < -0.4 is 0 Å². The first-order chi connectivity index (χ1) is 9.51. The van der Waals surface area contributed by atoms with Gasteiger partial charge in [0.25, 0.3) is 0 Å². The molecule has 0 aliphatic heterocycles. The van der Waals surface area contributed by atoms with E-state index < -0.39 is 0 Å². The zero-order chi connectivity index (χ0) is 14.7. The molecule has 1 aliphatic rings. The number of aliphatic hydroxyl groups excluding tert-OH is 1. The van der Waals surface area contributed by atoms with Gasteiger partial charge in [0.05, 0.1) is 11.7 Å². The summed E-state index contributed by atoms with van der Waals surface area (Å²) in [5.41, 5.74) is 1.58. The maximum atomic E-state index is 13.5. The van der Waals surface area contributed by atoms with Gasteiger partial charge in [-0.05, 0) is 55.4 Å². The molecule has 3 heteroatoms. The molecular formula is C17H21FO2. The van der Waals surface area contributed by atoms with Crippen molar-refractivity contribution in [2.75, 3.05) is 0 Å². The highest BCUT2D eigenvalue weighted by Crippen LogP contribution is 2.30. The zero-order valence-electron chi connectivity index (χ0n) is 12.0. The molecule has 0 radical (unpaired) electrons. The van der Waals surface area contributed by atoms with Crippen LogP contribution in [-0.2, 0) is 11.2 Å². The molecule has 1 aromatic carbocycles. The van der Waals surface area contributed by atoms with Crippen LogP contribution in [0, 0.1) is 24.6 Å². The Hall–Kier alpha value is -1.64. The van der Waals surface area contributed by atoms with Gasteiger partial charge >= 0.3 is 0 Å². The van der Waals surface area contributed by atoms with Crippen molar-refractivity contribution in [3.8, 4) is 0 Å². The Labute approximate surface area is 119 Å². The first kappa shape index (κ1) is 14.8. The lowest BCUT2D eigenvalue weighted by atomic mass is 9.81. The Morgan fingerprint density at radius 3 is 2.75 bits per heavy atom. The lowest BCUT2D eigenvalue weighted by Gasteiger charge is -2.24. The van der Waals surface area contributed by atoms with Crippen LogP contribution in [0.3, 0.4) is 0 Å². The molecule has 2 atom stereocenters. The number of carbonyl (C=O) groups is 1. The van der Waals surface area contributed by atoms with Gasteiger partial charge in [0.1, 0.15) is 11.6 Å². The standard InChI is InChI=1S/C17H21FO2/c1-3-16(19)14-7-6-13(10-17(14)20)8-12-5-4-11(2)15(18)9-12/h4-5,9-10,13-14,20H,3,6-8H2,1-2H3. The molecule has 1 N–H and O–H groups in total.